The van der Waals surface area contributed by atoms with Gasteiger partial charge in [-0.25, -0.2) is 0 Å². The molecule has 0 aromatic rings. The van der Waals surface area contributed by atoms with Crippen LogP contribution in [0, 0.1) is 5.92 Å². The Morgan fingerprint density at radius 2 is 1.73 bits per heavy atom. The first-order valence-corrected chi connectivity index (χ1v) is 7.87. The summed E-state index contributed by atoms with van der Waals surface area (Å²) < 4.78 is 0. The molecular weight excluding hydrogens is 286 g/mol. The SMILES string of the molecule is CCCC(=O)NNC(=O)CCCCCN1C(=O)CC(C)C1=O. The molecule has 1 saturated heterocycles. The van der Waals surface area contributed by atoms with Gasteiger partial charge < -0.3 is 0 Å². The predicted octanol–water partition coefficient (Wildman–Crippen LogP) is 0.889. The molecule has 0 radical (unpaired) electrons. The minimum absolute atomic E-state index is 0.0959. The molecule has 0 aromatic carbocycles. The first-order chi connectivity index (χ1) is 10.5. The second-order valence-electron chi connectivity index (χ2n) is 5.65. The van der Waals surface area contributed by atoms with Gasteiger partial charge in [0.1, 0.15) is 0 Å². The number of carbonyl (C=O) groups is 4. The third-order valence-corrected chi connectivity index (χ3v) is 3.57. The zero-order valence-corrected chi connectivity index (χ0v) is 13.3. The van der Waals surface area contributed by atoms with Crippen molar-refractivity contribution < 1.29 is 19.2 Å². The summed E-state index contributed by atoms with van der Waals surface area (Å²) in [4.78, 5) is 47.2. The van der Waals surface area contributed by atoms with Crippen molar-refractivity contribution in [1.82, 2.24) is 15.8 Å². The Hall–Kier alpha value is -1.92. The molecule has 1 atom stereocenters. The summed E-state index contributed by atoms with van der Waals surface area (Å²) in [5, 5.41) is 0. The monoisotopic (exact) mass is 311 g/mol. The number of rotatable bonds is 8. The van der Waals surface area contributed by atoms with E-state index >= 15 is 0 Å². The van der Waals surface area contributed by atoms with Gasteiger partial charge in [0, 0.05) is 31.7 Å². The summed E-state index contributed by atoms with van der Waals surface area (Å²) in [7, 11) is 0. The fourth-order valence-electron chi connectivity index (χ4n) is 2.31. The van der Waals surface area contributed by atoms with Crippen LogP contribution in [0.25, 0.3) is 0 Å². The Morgan fingerprint density at radius 3 is 2.27 bits per heavy atom. The molecule has 0 spiro atoms. The molecule has 7 heteroatoms. The van der Waals surface area contributed by atoms with Crippen LogP contribution in [0.5, 0.6) is 0 Å². The highest BCUT2D eigenvalue weighted by atomic mass is 16.2. The molecule has 7 nitrogen and oxygen atoms in total. The van der Waals surface area contributed by atoms with Crippen LogP contribution in [-0.4, -0.2) is 35.1 Å². The van der Waals surface area contributed by atoms with Crippen LogP contribution in [0.2, 0.25) is 0 Å². The van der Waals surface area contributed by atoms with Gasteiger partial charge in [0.2, 0.25) is 23.6 Å². The fourth-order valence-corrected chi connectivity index (χ4v) is 2.31. The van der Waals surface area contributed by atoms with E-state index < -0.39 is 0 Å². The van der Waals surface area contributed by atoms with Crippen LogP contribution in [-0.2, 0) is 19.2 Å². The van der Waals surface area contributed by atoms with Gasteiger partial charge in [-0.15, -0.1) is 0 Å². The fraction of sp³-hybridized carbons (Fsp3) is 0.733. The normalized spacial score (nSPS) is 17.7. The summed E-state index contributed by atoms with van der Waals surface area (Å²) in [6.45, 7) is 4.08. The lowest BCUT2D eigenvalue weighted by Gasteiger charge is -2.13. The maximum Gasteiger partial charge on any atom is 0.238 e. The third-order valence-electron chi connectivity index (χ3n) is 3.57. The molecule has 2 N–H and O–H groups in total. The molecule has 1 fully saturated rings. The van der Waals surface area contributed by atoms with Crippen molar-refractivity contribution in [2.45, 2.75) is 58.8 Å². The second kappa shape index (κ2) is 9.17. The van der Waals surface area contributed by atoms with Gasteiger partial charge in [0.05, 0.1) is 0 Å². The van der Waals surface area contributed by atoms with Gasteiger partial charge in [-0.1, -0.05) is 20.3 Å². The number of imide groups is 1. The number of hydrazine groups is 1. The lowest BCUT2D eigenvalue weighted by atomic mass is 10.1. The molecule has 1 aliphatic rings. The molecule has 0 saturated carbocycles. The lowest BCUT2D eigenvalue weighted by molar-refractivity contribution is -0.139. The van der Waals surface area contributed by atoms with Crippen molar-refractivity contribution in [1.29, 1.82) is 0 Å². The minimum Gasteiger partial charge on any atom is -0.282 e. The quantitative estimate of drug-likeness (QED) is 0.395. The number of likely N-dealkylation sites (tertiary alicyclic amines) is 1. The number of amides is 4. The summed E-state index contributed by atoms with van der Waals surface area (Å²) in [5.74, 6) is -0.831. The van der Waals surface area contributed by atoms with E-state index in [0.717, 1.165) is 12.8 Å². The number of carbonyl (C=O) groups excluding carboxylic acids is 4. The molecule has 1 aliphatic heterocycles. The average molecular weight is 311 g/mol. The molecule has 1 heterocycles. The van der Waals surface area contributed by atoms with Gasteiger partial charge in [0.25, 0.3) is 0 Å². The van der Waals surface area contributed by atoms with E-state index in [0.29, 0.717) is 38.6 Å². The maximum atomic E-state index is 11.7. The predicted molar refractivity (Wildman–Crippen MR) is 80.2 cm³/mol. The molecule has 1 unspecified atom stereocenters. The van der Waals surface area contributed by atoms with E-state index in [1.807, 2.05) is 6.92 Å². The molecule has 124 valence electrons. The smallest absolute Gasteiger partial charge is 0.238 e. The molecule has 0 aliphatic carbocycles. The second-order valence-corrected chi connectivity index (χ2v) is 5.65. The first kappa shape index (κ1) is 18.1. The van der Waals surface area contributed by atoms with Gasteiger partial charge in [-0.2, -0.15) is 0 Å². The third kappa shape index (κ3) is 5.83. The molecule has 4 amide bonds. The highest BCUT2D eigenvalue weighted by Gasteiger charge is 2.34. The van der Waals surface area contributed by atoms with E-state index in [4.69, 9.17) is 0 Å². The van der Waals surface area contributed by atoms with E-state index in [9.17, 15) is 19.2 Å². The Morgan fingerprint density at radius 1 is 1.09 bits per heavy atom. The number of hydrogen-bond donors (Lipinski definition) is 2. The summed E-state index contributed by atoms with van der Waals surface area (Å²) in [5.41, 5.74) is 4.71. The van der Waals surface area contributed by atoms with Crippen LogP contribution in [0.15, 0.2) is 0 Å². The van der Waals surface area contributed by atoms with Gasteiger partial charge >= 0.3 is 0 Å². The number of hydrogen-bond acceptors (Lipinski definition) is 4. The number of nitrogens with one attached hydrogen (secondary N) is 2. The van der Waals surface area contributed by atoms with E-state index in [1.165, 1.54) is 4.90 Å². The molecular formula is C15H25N3O4. The molecule has 22 heavy (non-hydrogen) atoms. The van der Waals surface area contributed by atoms with Crippen LogP contribution in [0.3, 0.4) is 0 Å². The minimum atomic E-state index is -0.230. The lowest BCUT2D eigenvalue weighted by Crippen LogP contribution is -2.41. The van der Waals surface area contributed by atoms with Crippen LogP contribution >= 0.6 is 0 Å². The van der Waals surface area contributed by atoms with Crippen LogP contribution < -0.4 is 10.9 Å². The largest absolute Gasteiger partial charge is 0.282 e. The van der Waals surface area contributed by atoms with Crippen molar-refractivity contribution in [2.24, 2.45) is 5.92 Å². The van der Waals surface area contributed by atoms with Crippen LogP contribution in [0.1, 0.15) is 58.8 Å². The zero-order valence-electron chi connectivity index (χ0n) is 13.3. The van der Waals surface area contributed by atoms with Crippen LogP contribution in [0.4, 0.5) is 0 Å². The topological polar surface area (TPSA) is 95.6 Å². The molecule has 0 bridgehead atoms. The Balaban J connectivity index is 2.08. The van der Waals surface area contributed by atoms with E-state index in [2.05, 4.69) is 10.9 Å². The Kier molecular flexibility index (Phi) is 7.56. The molecule has 1 rings (SSSR count). The highest BCUT2D eigenvalue weighted by molar-refractivity contribution is 6.03. The standard InChI is InChI=1S/C15H25N3O4/c1-3-7-12(19)16-17-13(20)8-5-4-6-9-18-14(21)10-11(2)15(18)22/h11H,3-10H2,1-2H3,(H,16,19)(H,17,20). The van der Waals surface area contributed by atoms with E-state index in [-0.39, 0.29) is 29.5 Å². The number of unbranched alkanes of at least 4 members (excludes halogenated alkanes) is 2. The Bertz CT molecular complexity index is 437. The first-order valence-electron chi connectivity index (χ1n) is 7.87. The molecule has 0 aromatic heterocycles. The highest BCUT2D eigenvalue weighted by Crippen LogP contribution is 2.19. The average Bonchev–Trinajstić information content (AvgIpc) is 2.71. The summed E-state index contributed by atoms with van der Waals surface area (Å²) >= 11 is 0. The van der Waals surface area contributed by atoms with Crippen molar-refractivity contribution in [2.75, 3.05) is 6.54 Å². The van der Waals surface area contributed by atoms with Crippen molar-refractivity contribution in [3.63, 3.8) is 0 Å². The number of nitrogens with zero attached hydrogens (tertiary/aromatic N) is 1. The van der Waals surface area contributed by atoms with Crippen molar-refractivity contribution in [3.05, 3.63) is 0 Å². The van der Waals surface area contributed by atoms with Gasteiger partial charge in [-0.05, 0) is 19.3 Å². The Labute approximate surface area is 130 Å². The van der Waals surface area contributed by atoms with Gasteiger partial charge in [0.15, 0.2) is 0 Å². The maximum absolute atomic E-state index is 11.7. The van der Waals surface area contributed by atoms with Crippen molar-refractivity contribution >= 4 is 23.6 Å². The summed E-state index contributed by atoms with van der Waals surface area (Å²) in [6, 6.07) is 0. The summed E-state index contributed by atoms with van der Waals surface area (Å²) in [6.07, 6.45) is 3.83. The zero-order chi connectivity index (χ0) is 16.5. The van der Waals surface area contributed by atoms with Gasteiger partial charge in [-0.3, -0.25) is 34.9 Å². The van der Waals surface area contributed by atoms with Crippen molar-refractivity contribution in [3.8, 4) is 0 Å². The van der Waals surface area contributed by atoms with E-state index in [1.54, 1.807) is 6.92 Å².